The fourth-order valence-corrected chi connectivity index (χ4v) is 2.70. The van der Waals surface area contributed by atoms with Crippen molar-refractivity contribution in [2.24, 2.45) is 0 Å². The molecule has 8 nitrogen and oxygen atoms in total. The molecule has 1 fully saturated rings. The van der Waals surface area contributed by atoms with E-state index in [0.717, 1.165) is 0 Å². The highest BCUT2D eigenvalue weighted by Gasteiger charge is 2.32. The number of hydrogen-bond donors (Lipinski definition) is 1. The Labute approximate surface area is 139 Å². The fraction of sp³-hybridized carbons (Fsp3) is 0.438. The highest BCUT2D eigenvalue weighted by Crippen LogP contribution is 2.21. The summed E-state index contributed by atoms with van der Waals surface area (Å²) in [5.41, 5.74) is 1.30. The van der Waals surface area contributed by atoms with Crippen molar-refractivity contribution in [1.29, 1.82) is 0 Å². The molecule has 1 unspecified atom stereocenters. The van der Waals surface area contributed by atoms with Gasteiger partial charge in [-0.2, -0.15) is 0 Å². The van der Waals surface area contributed by atoms with Gasteiger partial charge in [0, 0.05) is 26.2 Å². The van der Waals surface area contributed by atoms with E-state index in [1.807, 2.05) is 0 Å². The van der Waals surface area contributed by atoms with E-state index in [0.29, 0.717) is 35.8 Å². The minimum atomic E-state index is -0.475. The molecular formula is C16H20N4O4. The summed E-state index contributed by atoms with van der Waals surface area (Å²) < 4.78 is 10.7. The van der Waals surface area contributed by atoms with Gasteiger partial charge in [-0.05, 0) is 19.1 Å². The SMILES string of the molecule is COc1ccc2oc(CNC(=O)N3CCN(C)C(=O)C3C)nc2c1. The average molecular weight is 332 g/mol. The molecule has 0 radical (unpaired) electrons. The third-order valence-corrected chi connectivity index (χ3v) is 4.17. The van der Waals surface area contributed by atoms with Crippen molar-refractivity contribution in [2.45, 2.75) is 19.5 Å². The third kappa shape index (κ3) is 2.99. The summed E-state index contributed by atoms with van der Waals surface area (Å²) in [6, 6.07) is 4.55. The maximum atomic E-state index is 12.3. The Morgan fingerprint density at radius 2 is 2.25 bits per heavy atom. The molecule has 1 aromatic carbocycles. The number of carbonyl (C=O) groups excluding carboxylic acids is 2. The van der Waals surface area contributed by atoms with Crippen LogP contribution in [0.3, 0.4) is 0 Å². The second-order valence-electron chi connectivity index (χ2n) is 5.73. The molecule has 24 heavy (non-hydrogen) atoms. The van der Waals surface area contributed by atoms with Crippen molar-refractivity contribution >= 4 is 23.0 Å². The predicted octanol–water partition coefficient (Wildman–Crippen LogP) is 1.21. The molecule has 3 amide bonds. The van der Waals surface area contributed by atoms with Gasteiger partial charge in [0.25, 0.3) is 0 Å². The molecule has 0 spiro atoms. The van der Waals surface area contributed by atoms with Gasteiger partial charge in [0.2, 0.25) is 11.8 Å². The van der Waals surface area contributed by atoms with E-state index in [9.17, 15) is 9.59 Å². The van der Waals surface area contributed by atoms with Crippen LogP contribution in [0.15, 0.2) is 22.6 Å². The number of hydrogen-bond acceptors (Lipinski definition) is 5. The number of piperazine rings is 1. The van der Waals surface area contributed by atoms with Crippen LogP contribution in [0.25, 0.3) is 11.1 Å². The van der Waals surface area contributed by atoms with E-state index in [2.05, 4.69) is 10.3 Å². The fourth-order valence-electron chi connectivity index (χ4n) is 2.70. The molecule has 1 saturated heterocycles. The molecule has 128 valence electrons. The first-order valence-corrected chi connectivity index (χ1v) is 7.72. The van der Waals surface area contributed by atoms with E-state index in [-0.39, 0.29) is 18.5 Å². The molecule has 3 rings (SSSR count). The Kier molecular flexibility index (Phi) is 4.28. The van der Waals surface area contributed by atoms with Gasteiger partial charge < -0.3 is 24.3 Å². The second kappa shape index (κ2) is 6.38. The van der Waals surface area contributed by atoms with Gasteiger partial charge in [-0.3, -0.25) is 4.79 Å². The number of rotatable bonds is 3. The monoisotopic (exact) mass is 332 g/mol. The van der Waals surface area contributed by atoms with Crippen molar-refractivity contribution in [1.82, 2.24) is 20.1 Å². The first kappa shape index (κ1) is 16.1. The smallest absolute Gasteiger partial charge is 0.318 e. The molecule has 1 aliphatic rings. The quantitative estimate of drug-likeness (QED) is 0.913. The number of nitrogens with one attached hydrogen (secondary N) is 1. The summed E-state index contributed by atoms with van der Waals surface area (Å²) in [5, 5.41) is 2.75. The van der Waals surface area contributed by atoms with Crippen LogP contribution < -0.4 is 10.1 Å². The zero-order chi connectivity index (χ0) is 17.3. The largest absolute Gasteiger partial charge is 0.497 e. The van der Waals surface area contributed by atoms with Crippen LogP contribution in [0.4, 0.5) is 4.79 Å². The average Bonchev–Trinajstić information content (AvgIpc) is 2.99. The lowest BCUT2D eigenvalue weighted by molar-refractivity contribution is -0.137. The van der Waals surface area contributed by atoms with Crippen molar-refractivity contribution in [2.75, 3.05) is 27.2 Å². The van der Waals surface area contributed by atoms with Crippen LogP contribution >= 0.6 is 0 Å². The normalized spacial score (nSPS) is 18.1. The number of methoxy groups -OCH3 is 1. The third-order valence-electron chi connectivity index (χ3n) is 4.17. The molecule has 8 heteroatoms. The topological polar surface area (TPSA) is 87.9 Å². The first-order valence-electron chi connectivity index (χ1n) is 7.72. The molecular weight excluding hydrogens is 312 g/mol. The van der Waals surface area contributed by atoms with Gasteiger partial charge in [0.05, 0.1) is 13.7 Å². The van der Waals surface area contributed by atoms with Gasteiger partial charge in [-0.25, -0.2) is 9.78 Å². The summed E-state index contributed by atoms with van der Waals surface area (Å²) in [6.45, 7) is 2.91. The van der Waals surface area contributed by atoms with E-state index in [1.165, 1.54) is 4.90 Å². The van der Waals surface area contributed by atoms with E-state index < -0.39 is 6.04 Å². The van der Waals surface area contributed by atoms with Gasteiger partial charge in [-0.15, -0.1) is 0 Å². The van der Waals surface area contributed by atoms with Crippen LogP contribution in [-0.4, -0.2) is 60.0 Å². The molecule has 2 aromatic rings. The summed E-state index contributed by atoms with van der Waals surface area (Å²) in [5.74, 6) is 1.03. The van der Waals surface area contributed by atoms with E-state index >= 15 is 0 Å². The van der Waals surface area contributed by atoms with Crippen molar-refractivity contribution in [3.63, 3.8) is 0 Å². The number of aromatic nitrogens is 1. The van der Waals surface area contributed by atoms with Gasteiger partial charge in [0.15, 0.2) is 5.58 Å². The van der Waals surface area contributed by atoms with Crippen LogP contribution in [0, 0.1) is 0 Å². The van der Waals surface area contributed by atoms with Crippen LogP contribution in [0.1, 0.15) is 12.8 Å². The maximum Gasteiger partial charge on any atom is 0.318 e. The van der Waals surface area contributed by atoms with Crippen LogP contribution in [-0.2, 0) is 11.3 Å². The molecule has 0 saturated carbocycles. The summed E-state index contributed by atoms with van der Waals surface area (Å²) >= 11 is 0. The molecule has 1 aliphatic heterocycles. The summed E-state index contributed by atoms with van der Waals surface area (Å²) in [7, 11) is 3.32. The molecule has 1 atom stereocenters. The molecule has 0 aliphatic carbocycles. The minimum absolute atomic E-state index is 0.0645. The lowest BCUT2D eigenvalue weighted by Gasteiger charge is -2.37. The number of urea groups is 1. The Bertz CT molecular complexity index is 773. The molecule has 2 heterocycles. The maximum absolute atomic E-state index is 12.3. The Morgan fingerprint density at radius 1 is 1.46 bits per heavy atom. The van der Waals surface area contributed by atoms with Crippen molar-refractivity contribution in [3.8, 4) is 5.75 Å². The van der Waals surface area contributed by atoms with Gasteiger partial charge in [0.1, 0.15) is 17.3 Å². The lowest BCUT2D eigenvalue weighted by atomic mass is 10.2. The Morgan fingerprint density at radius 3 is 3.00 bits per heavy atom. The number of amides is 3. The Hall–Kier alpha value is -2.77. The standard InChI is InChI=1S/C16H20N4O4/c1-10-15(21)19(2)6-7-20(10)16(22)17-9-14-18-12-8-11(23-3)4-5-13(12)24-14/h4-5,8,10H,6-7,9H2,1-3H3,(H,17,22). The van der Waals surface area contributed by atoms with Gasteiger partial charge in [-0.1, -0.05) is 0 Å². The highest BCUT2D eigenvalue weighted by molar-refractivity contribution is 5.87. The summed E-state index contributed by atoms with van der Waals surface area (Å²) in [4.78, 5) is 31.7. The zero-order valence-electron chi connectivity index (χ0n) is 13.9. The predicted molar refractivity (Wildman–Crippen MR) is 86.6 cm³/mol. The second-order valence-corrected chi connectivity index (χ2v) is 5.73. The van der Waals surface area contributed by atoms with E-state index in [4.69, 9.17) is 9.15 Å². The lowest BCUT2D eigenvalue weighted by Crippen LogP contribution is -2.58. The highest BCUT2D eigenvalue weighted by atomic mass is 16.5. The minimum Gasteiger partial charge on any atom is -0.497 e. The van der Waals surface area contributed by atoms with Crippen molar-refractivity contribution < 1.29 is 18.7 Å². The number of benzene rings is 1. The number of fused-ring (bicyclic) bond motifs is 1. The summed E-state index contributed by atoms with van der Waals surface area (Å²) in [6.07, 6.45) is 0. The number of nitrogens with zero attached hydrogens (tertiary/aromatic N) is 3. The number of carbonyl (C=O) groups is 2. The number of ether oxygens (including phenoxy) is 1. The van der Waals surface area contributed by atoms with E-state index in [1.54, 1.807) is 44.2 Å². The Balaban J connectivity index is 1.65. The van der Waals surface area contributed by atoms with Crippen LogP contribution in [0.2, 0.25) is 0 Å². The molecule has 1 aromatic heterocycles. The molecule has 1 N–H and O–H groups in total. The molecule has 0 bridgehead atoms. The number of likely N-dealkylation sites (N-methyl/N-ethyl adjacent to an activating group) is 1. The first-order chi connectivity index (χ1) is 11.5. The number of oxazole rings is 1. The van der Waals surface area contributed by atoms with Crippen LogP contribution in [0.5, 0.6) is 5.75 Å². The zero-order valence-corrected chi connectivity index (χ0v) is 13.9. The van der Waals surface area contributed by atoms with Crippen molar-refractivity contribution in [3.05, 3.63) is 24.1 Å². The van der Waals surface area contributed by atoms with Gasteiger partial charge >= 0.3 is 6.03 Å².